The number of hydrogen-bond acceptors (Lipinski definition) is 6. The van der Waals surface area contributed by atoms with Crippen molar-refractivity contribution in [2.75, 3.05) is 36.5 Å². The first-order valence-electron chi connectivity index (χ1n) is 12.5. The van der Waals surface area contributed by atoms with E-state index in [1.165, 1.54) is 17.4 Å². The molecule has 0 saturated carbocycles. The Morgan fingerprint density at radius 2 is 1.76 bits per heavy atom. The maximum Gasteiger partial charge on any atom is 0.341 e. The van der Waals surface area contributed by atoms with Crippen molar-refractivity contribution in [3.05, 3.63) is 83.7 Å². The van der Waals surface area contributed by atoms with Crippen LogP contribution in [0.4, 0.5) is 19.6 Å². The fraction of sp³-hybridized carbons (Fsp3) is 0.310. The maximum absolute atomic E-state index is 14.4. The zero-order valence-corrected chi connectivity index (χ0v) is 21.9. The number of carbonyl (C=O) groups is 1. The van der Waals surface area contributed by atoms with Crippen LogP contribution in [0.5, 0.6) is 5.75 Å². The molecule has 1 aromatic heterocycles. The van der Waals surface area contributed by atoms with Crippen molar-refractivity contribution in [3.8, 4) is 5.75 Å². The largest absolute Gasteiger partial charge is 0.497 e. The van der Waals surface area contributed by atoms with Gasteiger partial charge in [-0.25, -0.2) is 18.6 Å². The van der Waals surface area contributed by atoms with E-state index in [4.69, 9.17) is 14.8 Å². The Morgan fingerprint density at radius 1 is 1.08 bits per heavy atom. The average Bonchev–Trinajstić information content (AvgIpc) is 3.38. The van der Waals surface area contributed by atoms with E-state index in [2.05, 4.69) is 4.90 Å². The number of carboxylic acid groups (broad SMARTS) is 1. The van der Waals surface area contributed by atoms with Gasteiger partial charge in [0.25, 0.3) is 0 Å². The van der Waals surface area contributed by atoms with Gasteiger partial charge in [-0.2, -0.15) is 0 Å². The van der Waals surface area contributed by atoms with Crippen molar-refractivity contribution in [1.82, 2.24) is 4.98 Å². The lowest BCUT2D eigenvalue weighted by Gasteiger charge is -2.35. The maximum atomic E-state index is 14.4. The van der Waals surface area contributed by atoms with Gasteiger partial charge in [0.15, 0.2) is 5.13 Å². The summed E-state index contributed by atoms with van der Waals surface area (Å²) in [6.45, 7) is 1.99. The van der Waals surface area contributed by atoms with Gasteiger partial charge in [0, 0.05) is 44.7 Å². The summed E-state index contributed by atoms with van der Waals surface area (Å²) < 4.78 is 34.6. The molecule has 5 rings (SSSR count). The molecule has 1 aliphatic rings. The van der Waals surface area contributed by atoms with E-state index < -0.39 is 11.6 Å². The first kappa shape index (κ1) is 25.9. The smallest absolute Gasteiger partial charge is 0.341 e. The van der Waals surface area contributed by atoms with E-state index in [0.717, 1.165) is 34.1 Å². The number of benzene rings is 3. The van der Waals surface area contributed by atoms with Crippen LogP contribution >= 0.6 is 11.3 Å². The number of aromatic nitrogens is 1. The summed E-state index contributed by atoms with van der Waals surface area (Å²) >= 11 is 1.35. The van der Waals surface area contributed by atoms with Gasteiger partial charge in [0.2, 0.25) is 5.67 Å². The number of carboxylic acids is 1. The summed E-state index contributed by atoms with van der Waals surface area (Å²) in [5.74, 6) is -0.842. The molecule has 1 saturated heterocycles. The highest BCUT2D eigenvalue weighted by Gasteiger charge is 2.41. The summed E-state index contributed by atoms with van der Waals surface area (Å²) in [5.41, 5.74) is 1.66. The lowest BCUT2D eigenvalue weighted by molar-refractivity contribution is -0.152. The number of ether oxygens (including phenoxy) is 1. The third-order valence-corrected chi connectivity index (χ3v) is 8.21. The predicted octanol–water partition coefficient (Wildman–Crippen LogP) is 6.09. The molecule has 0 aliphatic carbocycles. The van der Waals surface area contributed by atoms with E-state index in [9.17, 15) is 13.6 Å². The van der Waals surface area contributed by atoms with Crippen LogP contribution in [0.1, 0.15) is 24.0 Å². The zero-order chi connectivity index (χ0) is 26.7. The van der Waals surface area contributed by atoms with Crippen LogP contribution in [-0.4, -0.2) is 48.5 Å². The van der Waals surface area contributed by atoms with E-state index in [1.54, 1.807) is 13.2 Å². The van der Waals surface area contributed by atoms with Crippen molar-refractivity contribution in [3.63, 3.8) is 0 Å². The quantitative estimate of drug-likeness (QED) is 0.279. The van der Waals surface area contributed by atoms with Crippen molar-refractivity contribution >= 4 is 38.3 Å². The minimum atomic E-state index is -2.14. The zero-order valence-electron chi connectivity index (χ0n) is 21.1. The molecule has 6 nitrogen and oxygen atoms in total. The monoisotopic (exact) mass is 537 g/mol. The highest BCUT2D eigenvalue weighted by Crippen LogP contribution is 2.33. The summed E-state index contributed by atoms with van der Waals surface area (Å²) in [6.07, 6.45) is 0.720. The van der Waals surface area contributed by atoms with Crippen LogP contribution in [-0.2, 0) is 17.8 Å². The van der Waals surface area contributed by atoms with Gasteiger partial charge in [-0.1, -0.05) is 41.7 Å². The van der Waals surface area contributed by atoms with Crippen LogP contribution in [0, 0.1) is 5.82 Å². The van der Waals surface area contributed by atoms with Crippen LogP contribution in [0.2, 0.25) is 0 Å². The van der Waals surface area contributed by atoms with Gasteiger partial charge in [0.05, 0.1) is 17.3 Å². The molecule has 2 heterocycles. The van der Waals surface area contributed by atoms with Gasteiger partial charge in [-0.15, -0.1) is 0 Å². The minimum Gasteiger partial charge on any atom is -0.497 e. The van der Waals surface area contributed by atoms with Gasteiger partial charge in [0.1, 0.15) is 11.6 Å². The molecule has 4 aromatic rings. The molecule has 198 valence electrons. The molecule has 3 aromatic carbocycles. The molecule has 0 unspecified atom stereocenters. The summed E-state index contributed by atoms with van der Waals surface area (Å²) in [6, 6.07) is 20.9. The Balaban J connectivity index is 1.32. The van der Waals surface area contributed by atoms with E-state index >= 15 is 0 Å². The van der Waals surface area contributed by atoms with Gasteiger partial charge < -0.3 is 19.6 Å². The lowest BCUT2D eigenvalue weighted by Crippen LogP contribution is -2.46. The van der Waals surface area contributed by atoms with Crippen molar-refractivity contribution in [2.24, 2.45) is 0 Å². The highest BCUT2D eigenvalue weighted by atomic mass is 32.1. The highest BCUT2D eigenvalue weighted by molar-refractivity contribution is 7.22. The third-order valence-electron chi connectivity index (χ3n) is 7.07. The topological polar surface area (TPSA) is 65.9 Å². The standard InChI is InChI=1S/C29H29F2N3O3S/c1-37-23-11-7-20(8-12-23)13-16-34(28-32-25-4-2-3-24(30)26(25)38-28)19-21-5-9-22(10-6-21)33-17-14-29(31,15-18-33)27(35)36/h2-12H,13-19H2,1H3,(H,35,36). The first-order valence-corrected chi connectivity index (χ1v) is 13.4. The Morgan fingerprint density at radius 3 is 2.39 bits per heavy atom. The predicted molar refractivity (Wildman–Crippen MR) is 147 cm³/mol. The lowest BCUT2D eigenvalue weighted by atomic mass is 9.93. The van der Waals surface area contributed by atoms with Crippen LogP contribution < -0.4 is 14.5 Å². The first-order chi connectivity index (χ1) is 18.3. The Bertz CT molecular complexity index is 1400. The van der Waals surface area contributed by atoms with Gasteiger partial charge >= 0.3 is 5.97 Å². The molecule has 1 N–H and O–H groups in total. The number of rotatable bonds is 9. The third kappa shape index (κ3) is 5.57. The van der Waals surface area contributed by atoms with E-state index in [0.29, 0.717) is 36.4 Å². The van der Waals surface area contributed by atoms with E-state index in [-0.39, 0.29) is 18.7 Å². The second-order valence-electron chi connectivity index (χ2n) is 9.53. The Hall–Kier alpha value is -3.72. The number of hydrogen-bond donors (Lipinski definition) is 1. The number of thiazole rings is 1. The molecule has 38 heavy (non-hydrogen) atoms. The number of anilines is 2. The molecule has 0 amide bonds. The number of aliphatic carboxylic acids is 1. The molecular weight excluding hydrogens is 508 g/mol. The van der Waals surface area contributed by atoms with Crippen LogP contribution in [0.15, 0.2) is 66.7 Å². The summed E-state index contributed by atoms with van der Waals surface area (Å²) in [4.78, 5) is 20.1. The van der Waals surface area contributed by atoms with Crippen LogP contribution in [0.25, 0.3) is 10.2 Å². The second kappa shape index (κ2) is 10.9. The van der Waals surface area contributed by atoms with Crippen molar-refractivity contribution in [1.29, 1.82) is 0 Å². The SMILES string of the molecule is COc1ccc(CCN(Cc2ccc(N3CCC(F)(C(=O)O)CC3)cc2)c2nc3cccc(F)c3s2)cc1. The number of piperidine rings is 1. The number of halogens is 2. The number of alkyl halides is 1. The summed E-state index contributed by atoms with van der Waals surface area (Å²) in [7, 11) is 1.64. The van der Waals surface area contributed by atoms with Crippen molar-refractivity contribution in [2.45, 2.75) is 31.5 Å². The Kier molecular flexibility index (Phi) is 7.46. The second-order valence-corrected chi connectivity index (χ2v) is 10.5. The van der Waals surface area contributed by atoms with Crippen molar-refractivity contribution < 1.29 is 23.4 Å². The number of fused-ring (bicyclic) bond motifs is 1. The molecule has 0 radical (unpaired) electrons. The van der Waals surface area contributed by atoms with Gasteiger partial charge in [-0.05, 0) is 53.9 Å². The number of methoxy groups -OCH3 is 1. The normalized spacial score (nSPS) is 15.0. The average molecular weight is 538 g/mol. The van der Waals surface area contributed by atoms with Gasteiger partial charge in [-0.3, -0.25) is 0 Å². The molecule has 1 fully saturated rings. The van der Waals surface area contributed by atoms with E-state index in [1.807, 2.05) is 59.5 Å². The molecular formula is C29H29F2N3O3S. The fourth-order valence-corrected chi connectivity index (χ4v) is 5.70. The van der Waals surface area contributed by atoms with Crippen LogP contribution in [0.3, 0.4) is 0 Å². The molecule has 1 aliphatic heterocycles. The molecule has 0 atom stereocenters. The Labute approximate surface area is 224 Å². The molecule has 0 spiro atoms. The molecule has 9 heteroatoms. The molecule has 0 bridgehead atoms. The summed E-state index contributed by atoms with van der Waals surface area (Å²) in [5, 5.41) is 9.90. The fourth-order valence-electron chi connectivity index (χ4n) is 4.70. The minimum absolute atomic E-state index is 0.0304. The number of nitrogens with zero attached hydrogens (tertiary/aromatic N) is 3.